The van der Waals surface area contributed by atoms with Crippen molar-refractivity contribution in [1.82, 2.24) is 10.7 Å². The molecule has 1 rings (SSSR count). The number of ether oxygens (including phenoxy) is 1. The van der Waals surface area contributed by atoms with Crippen molar-refractivity contribution in [2.75, 3.05) is 26.3 Å². The third kappa shape index (κ3) is 7.68. The Kier molecular flexibility index (Phi) is 9.24. The zero-order valence-corrected chi connectivity index (χ0v) is 13.1. The van der Waals surface area contributed by atoms with E-state index in [0.29, 0.717) is 18.4 Å². The van der Waals surface area contributed by atoms with Gasteiger partial charge < -0.3 is 10.1 Å². The van der Waals surface area contributed by atoms with Crippen molar-refractivity contribution in [2.24, 2.45) is 10.8 Å². The molecule has 1 unspecified atom stereocenters. The van der Waals surface area contributed by atoms with Crippen LogP contribution in [0.5, 0.6) is 0 Å². The molecule has 0 radical (unpaired) electrons. The second-order valence-corrected chi connectivity index (χ2v) is 4.95. The molecule has 4 N–H and O–H groups in total. The zero-order chi connectivity index (χ0) is 15.3. The van der Waals surface area contributed by atoms with E-state index in [2.05, 4.69) is 46.9 Å². The van der Waals surface area contributed by atoms with Gasteiger partial charge >= 0.3 is 0 Å². The Morgan fingerprint density at radius 3 is 2.76 bits per heavy atom. The number of nitrogens with one attached hydrogen (secondary N) is 2. The number of guanidine groups is 1. The number of nitrogens with two attached hydrogens (primary N) is 1. The van der Waals surface area contributed by atoms with Gasteiger partial charge in [0.1, 0.15) is 0 Å². The number of hydrogen-bond acceptors (Lipinski definition) is 3. The number of aliphatic imine (C=N–C) groups is 1. The first kappa shape index (κ1) is 17.5. The van der Waals surface area contributed by atoms with Crippen LogP contribution in [-0.2, 0) is 4.74 Å². The predicted octanol–water partition coefficient (Wildman–Crippen LogP) is 2.02. The average Bonchev–Trinajstić information content (AvgIpc) is 2.53. The highest BCUT2D eigenvalue weighted by Gasteiger charge is 2.04. The van der Waals surface area contributed by atoms with E-state index in [4.69, 9.17) is 10.6 Å². The minimum absolute atomic E-state index is 0.510. The molecular formula is C16H28N4O. The van der Waals surface area contributed by atoms with Crippen LogP contribution in [0, 0.1) is 0 Å². The van der Waals surface area contributed by atoms with Crippen LogP contribution in [0.1, 0.15) is 38.2 Å². The van der Waals surface area contributed by atoms with Crippen molar-refractivity contribution < 1.29 is 4.74 Å². The van der Waals surface area contributed by atoms with Crippen molar-refractivity contribution in [2.45, 2.75) is 32.6 Å². The Bertz CT molecular complexity index is 395. The van der Waals surface area contributed by atoms with Gasteiger partial charge in [-0.3, -0.25) is 10.4 Å². The van der Waals surface area contributed by atoms with Gasteiger partial charge in [-0.1, -0.05) is 37.3 Å². The van der Waals surface area contributed by atoms with E-state index in [1.807, 2.05) is 13.0 Å². The lowest BCUT2D eigenvalue weighted by atomic mass is 9.98. The second-order valence-electron chi connectivity index (χ2n) is 4.95. The lowest BCUT2D eigenvalue weighted by Gasteiger charge is -2.14. The largest absolute Gasteiger partial charge is 0.382 e. The van der Waals surface area contributed by atoms with Crippen LogP contribution in [0.15, 0.2) is 35.3 Å². The Balaban J connectivity index is 2.23. The zero-order valence-electron chi connectivity index (χ0n) is 13.1. The van der Waals surface area contributed by atoms with Crippen LogP contribution in [-0.4, -0.2) is 32.3 Å². The van der Waals surface area contributed by atoms with Crippen LogP contribution in [0.2, 0.25) is 0 Å². The summed E-state index contributed by atoms with van der Waals surface area (Å²) in [6.07, 6.45) is 1.94. The van der Waals surface area contributed by atoms with Gasteiger partial charge in [0.05, 0.1) is 0 Å². The fourth-order valence-electron chi connectivity index (χ4n) is 2.01. The van der Waals surface area contributed by atoms with Gasteiger partial charge in [-0.15, -0.1) is 0 Å². The van der Waals surface area contributed by atoms with Crippen LogP contribution < -0.4 is 16.6 Å². The molecule has 0 aromatic heterocycles. The summed E-state index contributed by atoms with van der Waals surface area (Å²) in [5, 5.41) is 3.23. The van der Waals surface area contributed by atoms with Gasteiger partial charge in [0.15, 0.2) is 0 Å². The first-order valence-electron chi connectivity index (χ1n) is 7.65. The lowest BCUT2D eigenvalue weighted by molar-refractivity contribution is 0.146. The monoisotopic (exact) mass is 292 g/mol. The number of rotatable bonds is 9. The summed E-state index contributed by atoms with van der Waals surface area (Å²) in [5.41, 5.74) is 3.96. The maximum atomic E-state index is 5.47. The number of nitrogens with zero attached hydrogens (tertiary/aromatic N) is 1. The quantitative estimate of drug-likeness (QED) is 0.214. The smallest absolute Gasteiger partial charge is 0.205 e. The highest BCUT2D eigenvalue weighted by molar-refractivity contribution is 5.79. The average molecular weight is 292 g/mol. The van der Waals surface area contributed by atoms with Crippen molar-refractivity contribution in [3.05, 3.63) is 35.9 Å². The number of hydrogen-bond donors (Lipinski definition) is 3. The summed E-state index contributed by atoms with van der Waals surface area (Å²) < 4.78 is 5.27. The Morgan fingerprint density at radius 1 is 1.33 bits per heavy atom. The van der Waals surface area contributed by atoms with E-state index >= 15 is 0 Å². The maximum absolute atomic E-state index is 5.47. The predicted molar refractivity (Wildman–Crippen MR) is 88.2 cm³/mol. The Labute approximate surface area is 127 Å². The van der Waals surface area contributed by atoms with Crippen LogP contribution in [0.4, 0.5) is 0 Å². The van der Waals surface area contributed by atoms with Gasteiger partial charge in [-0.25, -0.2) is 5.84 Å². The molecule has 0 saturated heterocycles. The van der Waals surface area contributed by atoms with Gasteiger partial charge in [-0.05, 0) is 31.2 Å². The fraction of sp³-hybridized carbons (Fsp3) is 0.562. The van der Waals surface area contributed by atoms with Gasteiger partial charge in [0.2, 0.25) is 5.96 Å². The van der Waals surface area contributed by atoms with Crippen LogP contribution >= 0.6 is 0 Å². The van der Waals surface area contributed by atoms with Crippen LogP contribution in [0.25, 0.3) is 0 Å². The van der Waals surface area contributed by atoms with E-state index in [-0.39, 0.29) is 0 Å². The molecule has 0 aliphatic rings. The molecule has 1 aromatic rings. The molecule has 1 atom stereocenters. The molecule has 0 fully saturated rings. The molecule has 0 bridgehead atoms. The first-order chi connectivity index (χ1) is 10.3. The van der Waals surface area contributed by atoms with E-state index in [0.717, 1.165) is 32.6 Å². The normalized spacial score (nSPS) is 13.0. The van der Waals surface area contributed by atoms with Crippen LogP contribution in [0.3, 0.4) is 0 Å². The topological polar surface area (TPSA) is 71.7 Å². The lowest BCUT2D eigenvalue weighted by Crippen LogP contribution is -2.42. The maximum Gasteiger partial charge on any atom is 0.205 e. The van der Waals surface area contributed by atoms with Crippen molar-refractivity contribution in [3.63, 3.8) is 0 Å². The standard InChI is InChI=1S/C16H28N4O/c1-3-21-13-7-11-18-16(20-17)19-12-10-14(2)15-8-5-4-6-9-15/h4-6,8-9,14H,3,7,10-13,17H2,1-2H3,(H2,18,19,20). The molecule has 0 aliphatic carbocycles. The fourth-order valence-corrected chi connectivity index (χ4v) is 2.01. The summed E-state index contributed by atoms with van der Waals surface area (Å²) in [6, 6.07) is 10.5. The highest BCUT2D eigenvalue weighted by Crippen LogP contribution is 2.17. The van der Waals surface area contributed by atoms with Crippen molar-refractivity contribution in [1.29, 1.82) is 0 Å². The summed E-state index contributed by atoms with van der Waals surface area (Å²) in [6.45, 7) is 7.26. The second kappa shape index (κ2) is 11.1. The van der Waals surface area contributed by atoms with E-state index in [9.17, 15) is 0 Å². The van der Waals surface area contributed by atoms with Gasteiger partial charge in [-0.2, -0.15) is 0 Å². The number of hydrazine groups is 1. The Morgan fingerprint density at radius 2 is 2.10 bits per heavy atom. The highest BCUT2D eigenvalue weighted by atomic mass is 16.5. The molecule has 21 heavy (non-hydrogen) atoms. The SMILES string of the molecule is CCOCCCN=C(NN)NCCC(C)c1ccccc1. The molecule has 0 spiro atoms. The summed E-state index contributed by atoms with van der Waals surface area (Å²) >= 11 is 0. The minimum atomic E-state index is 0.510. The Hall–Kier alpha value is -1.59. The first-order valence-corrected chi connectivity index (χ1v) is 7.65. The third-order valence-electron chi connectivity index (χ3n) is 3.30. The molecule has 0 heterocycles. The summed E-state index contributed by atoms with van der Waals surface area (Å²) in [7, 11) is 0. The number of benzene rings is 1. The van der Waals surface area contributed by atoms with Crippen molar-refractivity contribution >= 4 is 5.96 Å². The minimum Gasteiger partial charge on any atom is -0.382 e. The molecule has 0 saturated carbocycles. The van der Waals surface area contributed by atoms with E-state index in [1.54, 1.807) is 0 Å². The van der Waals surface area contributed by atoms with Crippen molar-refractivity contribution in [3.8, 4) is 0 Å². The molecule has 118 valence electrons. The molecular weight excluding hydrogens is 264 g/mol. The summed E-state index contributed by atoms with van der Waals surface area (Å²) in [4.78, 5) is 4.37. The molecule has 0 amide bonds. The molecule has 0 aliphatic heterocycles. The summed E-state index contributed by atoms with van der Waals surface area (Å²) in [5.74, 6) is 6.62. The van der Waals surface area contributed by atoms with Gasteiger partial charge in [0, 0.05) is 26.3 Å². The van der Waals surface area contributed by atoms with E-state index in [1.165, 1.54) is 5.56 Å². The van der Waals surface area contributed by atoms with Gasteiger partial charge in [0.25, 0.3) is 0 Å². The molecule has 5 heteroatoms. The molecule has 1 aromatic carbocycles. The van der Waals surface area contributed by atoms with E-state index < -0.39 is 0 Å². The third-order valence-corrected chi connectivity index (χ3v) is 3.30. The molecule has 5 nitrogen and oxygen atoms in total.